The average Bonchev–Trinajstić information content (AvgIpc) is 3.15. The molecule has 1 unspecified atom stereocenters. The van der Waals surface area contributed by atoms with E-state index in [1.54, 1.807) is 0 Å². The molecule has 0 aliphatic rings. The molecule has 53 heavy (non-hydrogen) atoms. The van der Waals surface area contributed by atoms with Gasteiger partial charge in [-0.1, -0.05) is 154 Å². The van der Waals surface area contributed by atoms with E-state index in [1.807, 2.05) is 0 Å². The summed E-state index contributed by atoms with van der Waals surface area (Å²) in [5, 5.41) is 2.92. The maximum Gasteiger partial charge on any atom is 0.349 e. The minimum absolute atomic E-state index is 0.107. The molecule has 1 heterocycles. The monoisotopic (exact) mass is 743 g/mol. The molecule has 1 atom stereocenters. The van der Waals surface area contributed by atoms with Crippen molar-refractivity contribution in [3.8, 4) is 0 Å². The second-order valence-corrected chi connectivity index (χ2v) is 15.0. The smallest absolute Gasteiger partial charge is 0.349 e. The Morgan fingerprint density at radius 2 is 1.11 bits per heavy atom. The average molecular weight is 743 g/mol. The molecule has 1 amide bonds. The van der Waals surface area contributed by atoms with Crippen molar-refractivity contribution in [1.82, 2.24) is 14.9 Å². The van der Waals surface area contributed by atoms with Gasteiger partial charge in [0.1, 0.15) is 12.4 Å². The van der Waals surface area contributed by atoms with E-state index >= 15 is 0 Å². The molecule has 0 radical (unpaired) electrons. The lowest BCUT2D eigenvalue weighted by Crippen LogP contribution is -2.39. The molecule has 0 saturated carbocycles. The summed E-state index contributed by atoms with van der Waals surface area (Å²) >= 11 is 0. The predicted octanol–water partition coefficient (Wildman–Crippen LogP) is 11.4. The summed E-state index contributed by atoms with van der Waals surface area (Å²) < 4.78 is 13.4. The highest BCUT2D eigenvalue weighted by Gasteiger charge is 2.13. The SMILES string of the molecule is CCCCCCCC/C=C\CCCCCCCCOCC(CNC(=O)Cn1ccc(N)nc1=O)OCCCCCCCC/C=C\CCCCCCCC. The Bertz CT molecular complexity index is 1070. The second kappa shape index (κ2) is 37.8. The molecule has 0 saturated heterocycles. The lowest BCUT2D eigenvalue weighted by Gasteiger charge is -2.19. The molecular formula is C45H82N4O4. The van der Waals surface area contributed by atoms with E-state index in [0.717, 1.165) is 19.3 Å². The third-order valence-corrected chi connectivity index (χ3v) is 9.85. The first kappa shape index (κ1) is 48.6. The van der Waals surface area contributed by atoms with Crippen LogP contribution in [-0.2, 0) is 20.8 Å². The van der Waals surface area contributed by atoms with Gasteiger partial charge in [0, 0.05) is 26.0 Å². The number of carbonyl (C=O) groups is 1. The molecule has 3 N–H and O–H groups in total. The highest BCUT2D eigenvalue weighted by atomic mass is 16.5. The number of hydrogen-bond acceptors (Lipinski definition) is 6. The fraction of sp³-hybridized carbons (Fsp3) is 0.800. The van der Waals surface area contributed by atoms with Gasteiger partial charge >= 0.3 is 5.69 Å². The summed E-state index contributed by atoms with van der Waals surface area (Å²) in [7, 11) is 0. The van der Waals surface area contributed by atoms with Crippen molar-refractivity contribution < 1.29 is 14.3 Å². The highest BCUT2D eigenvalue weighted by molar-refractivity contribution is 5.75. The van der Waals surface area contributed by atoms with Crippen molar-refractivity contribution >= 4 is 11.7 Å². The van der Waals surface area contributed by atoms with Crippen molar-refractivity contribution in [3.05, 3.63) is 47.1 Å². The number of hydrogen-bond donors (Lipinski definition) is 2. The number of ether oxygens (including phenoxy) is 2. The summed E-state index contributed by atoms with van der Waals surface area (Å²) in [5.74, 6) is -0.122. The number of nitrogens with zero attached hydrogens (tertiary/aromatic N) is 2. The minimum atomic E-state index is -0.535. The first-order chi connectivity index (χ1) is 26.1. The van der Waals surface area contributed by atoms with E-state index in [2.05, 4.69) is 48.5 Å². The Hall–Kier alpha value is -2.45. The van der Waals surface area contributed by atoms with Crippen LogP contribution in [0.25, 0.3) is 0 Å². The quantitative estimate of drug-likeness (QED) is 0.0513. The van der Waals surface area contributed by atoms with Gasteiger partial charge in [-0.05, 0) is 70.3 Å². The first-order valence-corrected chi connectivity index (χ1v) is 22.2. The number of nitrogen functional groups attached to an aromatic ring is 1. The van der Waals surface area contributed by atoms with Crippen LogP contribution in [0, 0.1) is 0 Å². The van der Waals surface area contributed by atoms with Crippen molar-refractivity contribution in [1.29, 1.82) is 0 Å². The second-order valence-electron chi connectivity index (χ2n) is 15.0. The van der Waals surface area contributed by atoms with Gasteiger partial charge in [0.15, 0.2) is 0 Å². The van der Waals surface area contributed by atoms with Crippen LogP contribution >= 0.6 is 0 Å². The summed E-state index contributed by atoms with van der Waals surface area (Å²) in [6.45, 7) is 6.58. The number of unbranched alkanes of at least 4 members (excludes halogenated alkanes) is 24. The van der Waals surface area contributed by atoms with Gasteiger partial charge in [0.25, 0.3) is 0 Å². The van der Waals surface area contributed by atoms with Gasteiger partial charge in [0.2, 0.25) is 5.91 Å². The molecule has 1 aromatic heterocycles. The Balaban J connectivity index is 2.19. The number of nitrogens with one attached hydrogen (secondary N) is 1. The van der Waals surface area contributed by atoms with Gasteiger partial charge in [0.05, 0.1) is 12.7 Å². The number of nitrogens with two attached hydrogens (primary N) is 1. The molecule has 0 aromatic carbocycles. The maximum absolute atomic E-state index is 12.6. The third-order valence-electron chi connectivity index (χ3n) is 9.85. The topological polar surface area (TPSA) is 108 Å². The normalized spacial score (nSPS) is 12.3. The molecule has 306 valence electrons. The molecular weight excluding hydrogens is 661 g/mol. The Labute approximate surface area is 325 Å². The maximum atomic E-state index is 12.6. The molecule has 0 aliphatic heterocycles. The van der Waals surface area contributed by atoms with Crippen LogP contribution in [0.15, 0.2) is 41.4 Å². The number of anilines is 1. The van der Waals surface area contributed by atoms with Crippen LogP contribution in [0.5, 0.6) is 0 Å². The van der Waals surface area contributed by atoms with Gasteiger partial charge in [-0.15, -0.1) is 0 Å². The number of amides is 1. The van der Waals surface area contributed by atoms with Crippen molar-refractivity contribution in [2.75, 3.05) is 32.1 Å². The van der Waals surface area contributed by atoms with E-state index in [0.29, 0.717) is 26.4 Å². The highest BCUT2D eigenvalue weighted by Crippen LogP contribution is 2.12. The molecule has 1 rings (SSSR count). The summed E-state index contributed by atoms with van der Waals surface area (Å²) in [6.07, 6.45) is 46.6. The number of allylic oxidation sites excluding steroid dienone is 4. The number of aromatic nitrogens is 2. The molecule has 1 aromatic rings. The van der Waals surface area contributed by atoms with E-state index < -0.39 is 5.69 Å². The molecule has 0 fully saturated rings. The van der Waals surface area contributed by atoms with Crippen molar-refractivity contribution in [3.63, 3.8) is 0 Å². The zero-order chi connectivity index (χ0) is 38.3. The minimum Gasteiger partial charge on any atom is -0.383 e. The lowest BCUT2D eigenvalue weighted by molar-refractivity contribution is -0.122. The fourth-order valence-electron chi connectivity index (χ4n) is 6.43. The number of carbonyl (C=O) groups excluding carboxylic acids is 1. The van der Waals surface area contributed by atoms with Crippen LogP contribution in [0.3, 0.4) is 0 Å². The van der Waals surface area contributed by atoms with Gasteiger partial charge in [-0.3, -0.25) is 9.36 Å². The van der Waals surface area contributed by atoms with Crippen LogP contribution in [0.1, 0.15) is 194 Å². The van der Waals surface area contributed by atoms with Crippen LogP contribution in [0.4, 0.5) is 5.82 Å². The molecule has 8 nitrogen and oxygen atoms in total. The van der Waals surface area contributed by atoms with E-state index in [-0.39, 0.29) is 24.4 Å². The fourth-order valence-corrected chi connectivity index (χ4v) is 6.43. The summed E-state index contributed by atoms with van der Waals surface area (Å²) in [5.41, 5.74) is 5.04. The van der Waals surface area contributed by atoms with Gasteiger partial charge in [-0.25, -0.2) is 4.79 Å². The Morgan fingerprint density at radius 1 is 0.679 bits per heavy atom. The van der Waals surface area contributed by atoms with E-state index in [9.17, 15) is 9.59 Å². The standard InChI is InChI=1S/C45H82N4O4/c1-3-5-7-9-11-13-15-17-19-21-23-25-27-29-31-33-37-52-41-42(39-47-44(50)40-49-36-35-43(46)48-45(49)51)53-38-34-32-30-28-26-24-22-20-18-16-14-12-10-8-6-4-2/h17-20,35-36,42H,3-16,21-34,37-41H2,1-2H3,(H,47,50)(H2,46,48,51)/b19-17-,20-18-. The first-order valence-electron chi connectivity index (χ1n) is 22.2. The zero-order valence-electron chi connectivity index (χ0n) is 34.5. The molecule has 8 heteroatoms. The van der Waals surface area contributed by atoms with Crippen molar-refractivity contribution in [2.24, 2.45) is 0 Å². The van der Waals surface area contributed by atoms with Crippen LogP contribution < -0.4 is 16.7 Å². The van der Waals surface area contributed by atoms with Gasteiger partial charge in [-0.2, -0.15) is 4.98 Å². The summed E-state index contributed by atoms with van der Waals surface area (Å²) in [4.78, 5) is 28.3. The van der Waals surface area contributed by atoms with Gasteiger partial charge < -0.3 is 20.5 Å². The lowest BCUT2D eigenvalue weighted by atomic mass is 10.1. The van der Waals surface area contributed by atoms with Crippen LogP contribution in [-0.4, -0.2) is 47.9 Å². The van der Waals surface area contributed by atoms with Crippen LogP contribution in [0.2, 0.25) is 0 Å². The molecule has 0 spiro atoms. The Morgan fingerprint density at radius 3 is 1.58 bits per heavy atom. The third kappa shape index (κ3) is 32.7. The largest absolute Gasteiger partial charge is 0.383 e. The summed E-state index contributed by atoms with van der Waals surface area (Å²) in [6, 6.07) is 1.51. The zero-order valence-corrected chi connectivity index (χ0v) is 34.5. The van der Waals surface area contributed by atoms with Crippen molar-refractivity contribution in [2.45, 2.75) is 206 Å². The molecule has 0 aliphatic carbocycles. The predicted molar refractivity (Wildman–Crippen MR) is 225 cm³/mol. The van der Waals surface area contributed by atoms with E-state index in [4.69, 9.17) is 15.2 Å². The number of rotatable bonds is 39. The Kier molecular flexibility index (Phi) is 34.7. The molecule has 0 bridgehead atoms. The van der Waals surface area contributed by atoms with E-state index in [1.165, 1.54) is 177 Å².